The molecule has 2 atom stereocenters. The van der Waals surface area contributed by atoms with Gasteiger partial charge in [0.2, 0.25) is 11.8 Å². The molecule has 0 radical (unpaired) electrons. The maximum Gasteiger partial charge on any atom is 0.243 e. The molecule has 6 heteroatoms. The summed E-state index contributed by atoms with van der Waals surface area (Å²) in [7, 11) is 0. The van der Waals surface area contributed by atoms with Crippen LogP contribution in [0.4, 0.5) is 0 Å². The lowest BCUT2D eigenvalue weighted by Crippen LogP contribution is -2.52. The molecule has 36 heavy (non-hydrogen) atoms. The molecule has 0 aromatic heterocycles. The molecule has 0 saturated carbocycles. The van der Waals surface area contributed by atoms with Gasteiger partial charge < -0.3 is 21.7 Å². The maximum atomic E-state index is 13.7. The number of likely N-dealkylation sites (tertiary alicyclic amines) is 1. The molecule has 6 nitrogen and oxygen atoms in total. The van der Waals surface area contributed by atoms with Gasteiger partial charge in [-0.3, -0.25) is 9.59 Å². The first kappa shape index (κ1) is 25.6. The topological polar surface area (TPSA) is 101 Å². The van der Waals surface area contributed by atoms with Crippen LogP contribution in [0.3, 0.4) is 0 Å². The Hall–Kier alpha value is -3.48. The second-order valence-electron chi connectivity index (χ2n) is 9.64. The minimum atomic E-state index is -0.795. The van der Waals surface area contributed by atoms with Crippen LogP contribution in [0.25, 0.3) is 0 Å². The lowest BCUT2D eigenvalue weighted by Gasteiger charge is -2.31. The highest BCUT2D eigenvalue weighted by molar-refractivity contribution is 5.91. The first-order chi connectivity index (χ1) is 17.4. The zero-order valence-electron chi connectivity index (χ0n) is 21.1. The van der Waals surface area contributed by atoms with E-state index in [9.17, 15) is 9.59 Å². The number of nitrogens with one attached hydrogen (secondary N) is 1. The largest absolute Gasteiger partial charge is 0.350 e. The molecule has 4 rings (SSSR count). The zero-order valence-corrected chi connectivity index (χ0v) is 21.1. The number of carbonyl (C=O) groups excluding carboxylic acids is 2. The van der Waals surface area contributed by atoms with Gasteiger partial charge >= 0.3 is 0 Å². The maximum absolute atomic E-state index is 13.7. The van der Waals surface area contributed by atoms with E-state index in [1.165, 1.54) is 0 Å². The van der Waals surface area contributed by atoms with Gasteiger partial charge in [-0.05, 0) is 60.1 Å². The van der Waals surface area contributed by atoms with Crippen molar-refractivity contribution < 1.29 is 9.59 Å². The van der Waals surface area contributed by atoms with E-state index in [-0.39, 0.29) is 17.7 Å². The number of hydrogen-bond donors (Lipinski definition) is 3. The number of benzene rings is 3. The normalized spacial score (nSPS) is 16.2. The predicted molar refractivity (Wildman–Crippen MR) is 143 cm³/mol. The van der Waals surface area contributed by atoms with Crippen LogP contribution >= 0.6 is 0 Å². The molecule has 3 aromatic rings. The van der Waals surface area contributed by atoms with Gasteiger partial charge in [0.05, 0.1) is 6.04 Å². The molecular weight excluding hydrogens is 448 g/mol. The van der Waals surface area contributed by atoms with E-state index in [4.69, 9.17) is 11.5 Å². The lowest BCUT2D eigenvalue weighted by atomic mass is 9.84. The average molecular weight is 485 g/mol. The third-order valence-corrected chi connectivity index (χ3v) is 7.27. The monoisotopic (exact) mass is 484 g/mol. The standard InChI is InChI=1S/C30H36N4O2/c1-20-17-25(21(2)16-24(20)18-31)19-33-29(35)26-14-9-15-34(26)30(36)28(32)27(22-10-5-3-6-11-22)23-12-7-4-8-13-23/h3-8,10-13,16-17,26-28H,9,14-15,18-19,31-32H2,1-2H3,(H,33,35)/t26-,28+/m0/s1. The Kier molecular flexibility index (Phi) is 8.18. The number of hydrogen-bond acceptors (Lipinski definition) is 4. The van der Waals surface area contributed by atoms with Crippen LogP contribution in [0, 0.1) is 13.8 Å². The second-order valence-corrected chi connectivity index (χ2v) is 9.64. The fourth-order valence-electron chi connectivity index (χ4n) is 5.21. The molecule has 188 valence electrons. The zero-order chi connectivity index (χ0) is 25.7. The van der Waals surface area contributed by atoms with Crippen molar-refractivity contribution in [1.82, 2.24) is 10.2 Å². The summed E-state index contributed by atoms with van der Waals surface area (Å²) in [5.41, 5.74) is 18.8. The van der Waals surface area contributed by atoms with E-state index in [1.54, 1.807) is 4.90 Å². The molecule has 1 fully saturated rings. The van der Waals surface area contributed by atoms with E-state index in [2.05, 4.69) is 17.4 Å². The van der Waals surface area contributed by atoms with Crippen molar-refractivity contribution in [2.75, 3.05) is 6.54 Å². The lowest BCUT2D eigenvalue weighted by molar-refractivity contribution is -0.139. The third-order valence-electron chi connectivity index (χ3n) is 7.27. The molecule has 0 spiro atoms. The summed E-state index contributed by atoms with van der Waals surface area (Å²) in [6.45, 7) is 5.49. The van der Waals surface area contributed by atoms with Crippen molar-refractivity contribution in [3.63, 3.8) is 0 Å². The number of nitrogens with two attached hydrogens (primary N) is 2. The van der Waals surface area contributed by atoms with E-state index in [0.717, 1.165) is 39.8 Å². The first-order valence-corrected chi connectivity index (χ1v) is 12.6. The van der Waals surface area contributed by atoms with Gasteiger partial charge in [-0.1, -0.05) is 72.8 Å². The summed E-state index contributed by atoms with van der Waals surface area (Å²) >= 11 is 0. The Balaban J connectivity index is 1.50. The van der Waals surface area contributed by atoms with Crippen LogP contribution in [-0.2, 0) is 22.7 Å². The van der Waals surface area contributed by atoms with Gasteiger partial charge in [-0.2, -0.15) is 0 Å². The van der Waals surface area contributed by atoms with Gasteiger partial charge in [0.15, 0.2) is 0 Å². The van der Waals surface area contributed by atoms with Crippen molar-refractivity contribution in [3.05, 3.63) is 106 Å². The number of carbonyl (C=O) groups is 2. The van der Waals surface area contributed by atoms with Crippen molar-refractivity contribution in [2.45, 2.75) is 57.8 Å². The summed E-state index contributed by atoms with van der Waals surface area (Å²) in [5.74, 6) is -0.621. The van der Waals surface area contributed by atoms with Crippen molar-refractivity contribution >= 4 is 11.8 Å². The van der Waals surface area contributed by atoms with E-state index < -0.39 is 12.1 Å². The Morgan fingerprint density at radius 1 is 0.944 bits per heavy atom. The van der Waals surface area contributed by atoms with Gasteiger partial charge in [0.25, 0.3) is 0 Å². The van der Waals surface area contributed by atoms with Crippen LogP contribution in [0.2, 0.25) is 0 Å². The van der Waals surface area contributed by atoms with Crippen LogP contribution in [0.5, 0.6) is 0 Å². The second kappa shape index (κ2) is 11.5. The molecule has 1 aliphatic heterocycles. The Morgan fingerprint density at radius 2 is 1.50 bits per heavy atom. The SMILES string of the molecule is Cc1cc(CNC(=O)[C@@H]2CCCN2C(=O)[C@H](N)C(c2ccccc2)c2ccccc2)c(C)cc1CN. The summed E-state index contributed by atoms with van der Waals surface area (Å²) in [6.07, 6.45) is 1.41. The molecule has 0 unspecified atom stereocenters. The molecule has 0 bridgehead atoms. The van der Waals surface area contributed by atoms with Gasteiger partial charge in [0, 0.05) is 25.6 Å². The molecule has 2 amide bonds. The van der Waals surface area contributed by atoms with E-state index >= 15 is 0 Å². The highest BCUT2D eigenvalue weighted by atomic mass is 16.2. The van der Waals surface area contributed by atoms with Crippen LogP contribution in [0.15, 0.2) is 72.8 Å². The van der Waals surface area contributed by atoms with E-state index in [0.29, 0.717) is 26.1 Å². The molecular formula is C30H36N4O2. The average Bonchev–Trinajstić information content (AvgIpc) is 3.40. The molecule has 1 saturated heterocycles. The number of rotatable bonds is 8. The van der Waals surface area contributed by atoms with E-state index in [1.807, 2.05) is 74.5 Å². The van der Waals surface area contributed by atoms with Crippen molar-refractivity contribution in [3.8, 4) is 0 Å². The van der Waals surface area contributed by atoms with Crippen LogP contribution in [-0.4, -0.2) is 35.3 Å². The van der Waals surface area contributed by atoms with Gasteiger partial charge in [-0.15, -0.1) is 0 Å². The Morgan fingerprint density at radius 3 is 2.08 bits per heavy atom. The summed E-state index contributed by atoms with van der Waals surface area (Å²) in [4.78, 5) is 28.6. The summed E-state index contributed by atoms with van der Waals surface area (Å²) in [5, 5.41) is 3.06. The predicted octanol–water partition coefficient (Wildman–Crippen LogP) is 3.53. The summed E-state index contributed by atoms with van der Waals surface area (Å²) in [6, 6.07) is 22.6. The summed E-state index contributed by atoms with van der Waals surface area (Å²) < 4.78 is 0. The van der Waals surface area contributed by atoms with Crippen LogP contribution < -0.4 is 16.8 Å². The molecule has 1 aliphatic rings. The third kappa shape index (κ3) is 5.50. The minimum Gasteiger partial charge on any atom is -0.350 e. The molecule has 5 N–H and O–H groups in total. The molecule has 3 aromatic carbocycles. The van der Waals surface area contributed by atoms with Crippen molar-refractivity contribution in [1.29, 1.82) is 0 Å². The number of amides is 2. The Bertz CT molecular complexity index is 1160. The Labute approximate surface area is 213 Å². The van der Waals surface area contributed by atoms with Crippen LogP contribution in [0.1, 0.15) is 52.1 Å². The highest BCUT2D eigenvalue weighted by Gasteiger charge is 2.39. The smallest absolute Gasteiger partial charge is 0.243 e. The molecule has 1 heterocycles. The minimum absolute atomic E-state index is 0.135. The molecule has 0 aliphatic carbocycles. The first-order valence-electron chi connectivity index (χ1n) is 12.6. The van der Waals surface area contributed by atoms with Gasteiger partial charge in [0.1, 0.15) is 6.04 Å². The number of aryl methyl sites for hydroxylation is 2. The van der Waals surface area contributed by atoms with Crippen molar-refractivity contribution in [2.24, 2.45) is 11.5 Å². The fraction of sp³-hybridized carbons (Fsp3) is 0.333. The quantitative estimate of drug-likeness (QED) is 0.455. The fourth-order valence-corrected chi connectivity index (χ4v) is 5.21. The highest BCUT2D eigenvalue weighted by Crippen LogP contribution is 2.30. The number of nitrogens with zero attached hydrogens (tertiary/aromatic N) is 1. The van der Waals surface area contributed by atoms with Gasteiger partial charge in [-0.25, -0.2) is 0 Å².